The van der Waals surface area contributed by atoms with Gasteiger partial charge >= 0.3 is 0 Å². The number of allylic oxidation sites excluding steroid dienone is 6. The third kappa shape index (κ3) is 1.69. The summed E-state index contributed by atoms with van der Waals surface area (Å²) in [6, 6.07) is 0. The van der Waals surface area contributed by atoms with Crippen LogP contribution in [0.5, 0.6) is 0 Å². The molecule has 0 unspecified atom stereocenters. The molecule has 0 saturated heterocycles. The number of hydrogen-bond donors (Lipinski definition) is 0. The second-order valence-corrected chi connectivity index (χ2v) is 3.30. The molecule has 0 amide bonds. The molecule has 0 saturated carbocycles. The van der Waals surface area contributed by atoms with Crippen LogP contribution in [-0.2, 0) is 9.59 Å². The Morgan fingerprint density at radius 2 is 1.78 bits per heavy atom. The minimum Gasteiger partial charge on any atom is -0.289 e. The van der Waals surface area contributed by atoms with E-state index in [1.54, 1.807) is 0 Å². The van der Waals surface area contributed by atoms with Crippen molar-refractivity contribution in [2.75, 3.05) is 0 Å². The van der Waals surface area contributed by atoms with Gasteiger partial charge in [0, 0.05) is 21.0 Å². The van der Waals surface area contributed by atoms with Gasteiger partial charge in [0.05, 0.1) is 11.4 Å². The van der Waals surface area contributed by atoms with Gasteiger partial charge < -0.3 is 0 Å². The highest BCUT2D eigenvalue weighted by Crippen LogP contribution is 2.30. The Morgan fingerprint density at radius 3 is 2.44 bits per heavy atom. The fourth-order valence-electron chi connectivity index (χ4n) is 1.61. The highest BCUT2D eigenvalue weighted by Gasteiger charge is 2.29. The third-order valence-electron chi connectivity index (χ3n) is 2.35. The second kappa shape index (κ2) is 4.42. The van der Waals surface area contributed by atoms with E-state index in [2.05, 4.69) is 20.1 Å². The standard InChI is InChI=1S/C10H4N6O2/c11-15-13-7-4-6-5(2-1-3-8(6)17)10(18)9(7)14-16-12/h1-4H. The quantitative estimate of drug-likeness (QED) is 0.416. The first-order valence-corrected chi connectivity index (χ1v) is 4.73. The summed E-state index contributed by atoms with van der Waals surface area (Å²) < 4.78 is 0. The maximum absolute atomic E-state index is 12.0. The lowest BCUT2D eigenvalue weighted by molar-refractivity contribution is -0.114. The number of hydrogen-bond acceptors (Lipinski definition) is 4. The van der Waals surface area contributed by atoms with E-state index < -0.39 is 5.78 Å². The zero-order valence-electron chi connectivity index (χ0n) is 8.81. The van der Waals surface area contributed by atoms with E-state index in [-0.39, 0.29) is 28.3 Å². The molecule has 0 atom stereocenters. The Balaban J connectivity index is 2.72. The summed E-state index contributed by atoms with van der Waals surface area (Å²) in [6.45, 7) is 0. The molecule has 0 N–H and O–H groups in total. The average Bonchev–Trinajstić information content (AvgIpc) is 2.36. The number of carbonyl (C=O) groups excluding carboxylic acids is 2. The van der Waals surface area contributed by atoms with Gasteiger partial charge in [-0.1, -0.05) is 22.4 Å². The summed E-state index contributed by atoms with van der Waals surface area (Å²) in [5.41, 5.74) is 16.6. The highest BCUT2D eigenvalue weighted by molar-refractivity contribution is 6.24. The first-order valence-electron chi connectivity index (χ1n) is 4.73. The van der Waals surface area contributed by atoms with Crippen LogP contribution in [0.4, 0.5) is 0 Å². The van der Waals surface area contributed by atoms with E-state index in [0.717, 1.165) is 0 Å². The molecular formula is C10H4N6O2. The number of ketones is 2. The van der Waals surface area contributed by atoms with Crippen LogP contribution >= 0.6 is 0 Å². The van der Waals surface area contributed by atoms with E-state index in [4.69, 9.17) is 11.1 Å². The van der Waals surface area contributed by atoms with Crippen LogP contribution in [0.2, 0.25) is 0 Å². The molecule has 86 valence electrons. The lowest BCUT2D eigenvalue weighted by Gasteiger charge is -2.17. The number of carbonyl (C=O) groups is 2. The molecule has 2 aliphatic carbocycles. The van der Waals surface area contributed by atoms with Gasteiger partial charge in [-0.05, 0) is 23.2 Å². The summed E-state index contributed by atoms with van der Waals surface area (Å²) in [4.78, 5) is 28.6. The lowest BCUT2D eigenvalue weighted by atomic mass is 9.87. The Kier molecular flexibility index (Phi) is 2.80. The summed E-state index contributed by atoms with van der Waals surface area (Å²) in [7, 11) is 0. The van der Waals surface area contributed by atoms with Gasteiger partial charge in [-0.15, -0.1) is 0 Å². The van der Waals surface area contributed by atoms with Gasteiger partial charge in [0.1, 0.15) is 0 Å². The van der Waals surface area contributed by atoms with Gasteiger partial charge in [0.15, 0.2) is 11.6 Å². The van der Waals surface area contributed by atoms with Crippen molar-refractivity contribution in [3.8, 4) is 0 Å². The summed E-state index contributed by atoms with van der Waals surface area (Å²) in [5, 5.41) is 6.46. The number of Topliss-reactive ketones (excluding diaryl/α,β-unsaturated/α-hetero) is 1. The number of rotatable bonds is 2. The molecule has 0 aromatic rings. The van der Waals surface area contributed by atoms with Gasteiger partial charge in [0.25, 0.3) is 0 Å². The molecule has 0 heterocycles. The van der Waals surface area contributed by atoms with E-state index in [1.807, 2.05) is 0 Å². The van der Waals surface area contributed by atoms with Gasteiger partial charge in [-0.25, -0.2) is 0 Å². The number of nitrogens with zero attached hydrogens (tertiary/aromatic N) is 6. The van der Waals surface area contributed by atoms with Crippen LogP contribution in [-0.4, -0.2) is 11.6 Å². The third-order valence-corrected chi connectivity index (χ3v) is 2.35. The molecule has 2 aliphatic rings. The topological polar surface area (TPSA) is 132 Å². The first-order chi connectivity index (χ1) is 8.69. The van der Waals surface area contributed by atoms with Crippen molar-refractivity contribution in [3.63, 3.8) is 0 Å². The van der Waals surface area contributed by atoms with Crippen LogP contribution in [0, 0.1) is 0 Å². The van der Waals surface area contributed by atoms with Crippen molar-refractivity contribution in [2.24, 2.45) is 10.2 Å². The van der Waals surface area contributed by atoms with Crippen LogP contribution < -0.4 is 0 Å². The second-order valence-electron chi connectivity index (χ2n) is 3.30. The van der Waals surface area contributed by atoms with Crippen LogP contribution in [0.15, 0.2) is 57.1 Å². The zero-order chi connectivity index (χ0) is 13.1. The predicted octanol–water partition coefficient (Wildman–Crippen LogP) is 2.39. The Bertz CT molecular complexity index is 681. The maximum Gasteiger partial charge on any atom is 0.196 e. The molecule has 0 spiro atoms. The van der Waals surface area contributed by atoms with Crippen LogP contribution in [0.3, 0.4) is 0 Å². The van der Waals surface area contributed by atoms with Crippen molar-refractivity contribution in [1.82, 2.24) is 0 Å². The molecule has 0 bridgehead atoms. The molecule has 8 heteroatoms. The van der Waals surface area contributed by atoms with Crippen molar-refractivity contribution < 1.29 is 9.59 Å². The fraction of sp³-hybridized carbons (Fsp3) is 0. The lowest BCUT2D eigenvalue weighted by Crippen LogP contribution is -2.19. The molecule has 18 heavy (non-hydrogen) atoms. The Morgan fingerprint density at radius 1 is 1.06 bits per heavy atom. The molecule has 0 radical (unpaired) electrons. The smallest absolute Gasteiger partial charge is 0.196 e. The fourth-order valence-corrected chi connectivity index (χ4v) is 1.61. The maximum atomic E-state index is 12.0. The summed E-state index contributed by atoms with van der Waals surface area (Å²) in [5.74, 6) is -1.00. The van der Waals surface area contributed by atoms with Crippen molar-refractivity contribution in [3.05, 3.63) is 67.7 Å². The van der Waals surface area contributed by atoms with Gasteiger partial charge in [-0.3, -0.25) is 9.59 Å². The Hall–Kier alpha value is -3.08. The molecule has 0 fully saturated rings. The zero-order valence-corrected chi connectivity index (χ0v) is 8.81. The van der Waals surface area contributed by atoms with E-state index in [0.29, 0.717) is 0 Å². The van der Waals surface area contributed by atoms with Gasteiger partial charge in [-0.2, -0.15) is 0 Å². The molecule has 2 rings (SSSR count). The molecule has 0 aromatic carbocycles. The summed E-state index contributed by atoms with van der Waals surface area (Å²) >= 11 is 0. The SMILES string of the molecule is [N-]=[N+]=NC1=C(N=[N+]=[N-])C(=O)C2=CC=CC(=O)C2=C1. The normalized spacial score (nSPS) is 17.3. The van der Waals surface area contributed by atoms with E-state index >= 15 is 0 Å². The van der Waals surface area contributed by atoms with Crippen molar-refractivity contribution >= 4 is 11.6 Å². The molecule has 0 aliphatic heterocycles. The largest absolute Gasteiger partial charge is 0.289 e. The minimum absolute atomic E-state index is 0.127. The predicted molar refractivity (Wildman–Crippen MR) is 60.6 cm³/mol. The molecule has 8 nitrogen and oxygen atoms in total. The highest BCUT2D eigenvalue weighted by atomic mass is 16.1. The number of fused-ring (bicyclic) bond motifs is 1. The number of azide groups is 2. The minimum atomic E-state index is -0.634. The van der Waals surface area contributed by atoms with Gasteiger partial charge in [0.2, 0.25) is 0 Å². The van der Waals surface area contributed by atoms with E-state index in [9.17, 15) is 9.59 Å². The monoisotopic (exact) mass is 240 g/mol. The molecular weight excluding hydrogens is 236 g/mol. The van der Waals surface area contributed by atoms with Crippen LogP contribution in [0.25, 0.3) is 20.9 Å². The molecule has 0 aromatic heterocycles. The van der Waals surface area contributed by atoms with Crippen LogP contribution in [0.1, 0.15) is 0 Å². The van der Waals surface area contributed by atoms with E-state index in [1.165, 1.54) is 24.3 Å². The summed E-state index contributed by atoms with van der Waals surface area (Å²) in [6.07, 6.45) is 5.40. The van der Waals surface area contributed by atoms with Crippen molar-refractivity contribution in [1.29, 1.82) is 0 Å². The first kappa shape index (κ1) is 11.4. The Labute approximate surface area is 99.8 Å². The average molecular weight is 240 g/mol. The van der Waals surface area contributed by atoms with Crippen molar-refractivity contribution in [2.45, 2.75) is 0 Å².